The average Bonchev–Trinajstić information content (AvgIpc) is 2.03. The summed E-state index contributed by atoms with van der Waals surface area (Å²) in [6, 6.07) is 10.3. The van der Waals surface area contributed by atoms with Crippen LogP contribution in [0.4, 0.5) is 0 Å². The zero-order chi connectivity index (χ0) is 11.0. The first kappa shape index (κ1) is 17.5. The molecular formula is C9H10CaO4S. The van der Waals surface area contributed by atoms with Crippen LogP contribution in [0.2, 0.25) is 0 Å². The van der Waals surface area contributed by atoms with Gasteiger partial charge >= 0.3 is 37.7 Å². The third-order valence-corrected chi connectivity index (χ3v) is 1.22. The van der Waals surface area contributed by atoms with E-state index in [1.807, 2.05) is 24.3 Å². The van der Waals surface area contributed by atoms with Crippen LogP contribution in [0, 0.1) is 0 Å². The van der Waals surface area contributed by atoms with E-state index in [1.54, 1.807) is 0 Å². The standard InChI is InChI=1S/C9H10.Ca.H2O4S/c1-2-6-9-7-4-3-5-8-9;;1-5(2,3)4/h2-5,7-8H,1,6H2;;(H2,1,2,3,4)/q;+2;/p-2. The molecule has 0 saturated heterocycles. The molecule has 78 valence electrons. The van der Waals surface area contributed by atoms with Crippen molar-refractivity contribution >= 4 is 48.1 Å². The van der Waals surface area contributed by atoms with E-state index in [4.69, 9.17) is 17.5 Å². The Morgan fingerprint density at radius 2 is 1.60 bits per heavy atom. The number of hydrogen-bond acceptors (Lipinski definition) is 4. The minimum atomic E-state index is -5.17. The molecule has 0 bridgehead atoms. The summed E-state index contributed by atoms with van der Waals surface area (Å²) < 4.78 is 34.1. The second kappa shape index (κ2) is 9.33. The molecule has 15 heavy (non-hydrogen) atoms. The van der Waals surface area contributed by atoms with Gasteiger partial charge in [-0.2, -0.15) is 0 Å². The molecule has 0 unspecified atom stereocenters. The van der Waals surface area contributed by atoms with Gasteiger partial charge in [0.15, 0.2) is 0 Å². The fourth-order valence-corrected chi connectivity index (χ4v) is 0.781. The monoisotopic (exact) mass is 254 g/mol. The van der Waals surface area contributed by atoms with Crippen LogP contribution < -0.4 is 0 Å². The normalized spacial score (nSPS) is 9.20. The Labute approximate surface area is 120 Å². The van der Waals surface area contributed by atoms with Crippen LogP contribution in [-0.2, 0) is 16.8 Å². The molecule has 0 atom stereocenters. The molecule has 1 aromatic rings. The van der Waals surface area contributed by atoms with Gasteiger partial charge in [0.25, 0.3) is 0 Å². The van der Waals surface area contributed by atoms with E-state index in [-0.39, 0.29) is 37.7 Å². The summed E-state index contributed by atoms with van der Waals surface area (Å²) in [7, 11) is -5.17. The summed E-state index contributed by atoms with van der Waals surface area (Å²) in [6.45, 7) is 3.66. The average molecular weight is 254 g/mol. The molecule has 6 heteroatoms. The third kappa shape index (κ3) is 16.7. The van der Waals surface area contributed by atoms with Crippen molar-refractivity contribution in [1.29, 1.82) is 0 Å². The van der Waals surface area contributed by atoms with Crippen LogP contribution in [0.15, 0.2) is 43.0 Å². The fraction of sp³-hybridized carbons (Fsp3) is 0.111. The summed E-state index contributed by atoms with van der Waals surface area (Å²) in [4.78, 5) is 0. The van der Waals surface area contributed by atoms with Gasteiger partial charge in [0, 0.05) is 10.4 Å². The van der Waals surface area contributed by atoms with E-state index in [0.29, 0.717) is 0 Å². The first-order valence-corrected chi connectivity index (χ1v) is 5.08. The molecular weight excluding hydrogens is 244 g/mol. The second-order valence-corrected chi connectivity index (χ2v) is 3.20. The second-order valence-electron chi connectivity index (χ2n) is 2.39. The van der Waals surface area contributed by atoms with Crippen molar-refractivity contribution in [2.75, 3.05) is 0 Å². The molecule has 0 spiro atoms. The van der Waals surface area contributed by atoms with Gasteiger partial charge in [0.1, 0.15) is 0 Å². The molecule has 0 heterocycles. The van der Waals surface area contributed by atoms with E-state index >= 15 is 0 Å². The number of rotatable bonds is 2. The molecule has 0 aliphatic heterocycles. The van der Waals surface area contributed by atoms with E-state index in [9.17, 15) is 0 Å². The maximum Gasteiger partial charge on any atom is 2.00 e. The summed E-state index contributed by atoms with van der Waals surface area (Å²) in [5.41, 5.74) is 1.33. The molecule has 0 amide bonds. The summed E-state index contributed by atoms with van der Waals surface area (Å²) >= 11 is 0. The summed E-state index contributed by atoms with van der Waals surface area (Å²) in [6.07, 6.45) is 2.89. The minimum Gasteiger partial charge on any atom is -0.759 e. The van der Waals surface area contributed by atoms with Crippen molar-refractivity contribution in [1.82, 2.24) is 0 Å². The van der Waals surface area contributed by atoms with E-state index in [0.717, 1.165) is 6.42 Å². The minimum absolute atomic E-state index is 0. The van der Waals surface area contributed by atoms with Crippen LogP contribution in [0.1, 0.15) is 5.56 Å². The first-order valence-electron chi connectivity index (χ1n) is 3.75. The van der Waals surface area contributed by atoms with Crippen molar-refractivity contribution in [2.45, 2.75) is 6.42 Å². The number of benzene rings is 1. The Kier molecular flexibility index (Phi) is 10.9. The molecule has 0 aromatic heterocycles. The van der Waals surface area contributed by atoms with Crippen molar-refractivity contribution < 1.29 is 17.5 Å². The van der Waals surface area contributed by atoms with Gasteiger partial charge in [0.2, 0.25) is 0 Å². The Hall–Kier alpha value is 0.0897. The van der Waals surface area contributed by atoms with Gasteiger partial charge in [-0.25, -0.2) is 0 Å². The molecule has 0 saturated carbocycles. The van der Waals surface area contributed by atoms with E-state index in [2.05, 4.69) is 18.7 Å². The van der Waals surface area contributed by atoms with Crippen LogP contribution in [-0.4, -0.2) is 55.3 Å². The molecule has 0 aliphatic carbocycles. The third-order valence-electron chi connectivity index (χ3n) is 1.22. The molecule has 0 fully saturated rings. The smallest absolute Gasteiger partial charge is 0.759 e. The predicted octanol–water partition coefficient (Wildman–Crippen LogP) is 0.696. The van der Waals surface area contributed by atoms with Gasteiger partial charge in [-0.1, -0.05) is 36.4 Å². The maximum absolute atomic E-state index is 8.52. The predicted molar refractivity (Wildman–Crippen MR) is 56.6 cm³/mol. The van der Waals surface area contributed by atoms with Crippen molar-refractivity contribution in [3.05, 3.63) is 48.6 Å². The van der Waals surface area contributed by atoms with Gasteiger partial charge < -0.3 is 9.11 Å². The largest absolute Gasteiger partial charge is 2.00 e. The summed E-state index contributed by atoms with van der Waals surface area (Å²) in [5.74, 6) is 0. The Morgan fingerprint density at radius 1 is 1.20 bits per heavy atom. The molecule has 0 radical (unpaired) electrons. The quantitative estimate of drug-likeness (QED) is 0.337. The van der Waals surface area contributed by atoms with Crippen molar-refractivity contribution in [3.63, 3.8) is 0 Å². The van der Waals surface area contributed by atoms with Crippen LogP contribution >= 0.6 is 0 Å². The molecule has 1 rings (SSSR count). The first-order chi connectivity index (χ1) is 6.43. The van der Waals surface area contributed by atoms with Crippen LogP contribution in [0.25, 0.3) is 0 Å². The molecule has 0 aliphatic rings. The van der Waals surface area contributed by atoms with E-state index < -0.39 is 10.4 Å². The summed E-state index contributed by atoms with van der Waals surface area (Å²) in [5, 5.41) is 0. The molecule has 1 aromatic carbocycles. The van der Waals surface area contributed by atoms with E-state index in [1.165, 1.54) is 5.56 Å². The topological polar surface area (TPSA) is 80.3 Å². The number of hydrogen-bond donors (Lipinski definition) is 0. The van der Waals surface area contributed by atoms with Crippen LogP contribution in [0.3, 0.4) is 0 Å². The number of allylic oxidation sites excluding steroid dienone is 1. The van der Waals surface area contributed by atoms with Crippen molar-refractivity contribution in [3.8, 4) is 0 Å². The van der Waals surface area contributed by atoms with Gasteiger partial charge in [-0.3, -0.25) is 8.42 Å². The Balaban J connectivity index is 0. The zero-order valence-corrected chi connectivity index (χ0v) is 11.2. The van der Waals surface area contributed by atoms with Gasteiger partial charge in [0.05, 0.1) is 0 Å². The Morgan fingerprint density at radius 3 is 1.93 bits per heavy atom. The van der Waals surface area contributed by atoms with Gasteiger partial charge in [-0.05, 0) is 12.0 Å². The van der Waals surface area contributed by atoms with Gasteiger partial charge in [-0.15, -0.1) is 6.58 Å². The Bertz CT molecular complexity index is 353. The SMILES string of the molecule is C=CCc1ccccc1.O=S(=O)([O-])[O-].[Ca+2]. The molecule has 0 N–H and O–H groups in total. The van der Waals surface area contributed by atoms with Crippen LogP contribution in [0.5, 0.6) is 0 Å². The maximum atomic E-state index is 8.52. The van der Waals surface area contributed by atoms with Crippen molar-refractivity contribution in [2.24, 2.45) is 0 Å². The fourth-order valence-electron chi connectivity index (χ4n) is 0.781. The molecule has 4 nitrogen and oxygen atoms in total. The zero-order valence-electron chi connectivity index (χ0n) is 8.13.